The van der Waals surface area contributed by atoms with Crippen LogP contribution < -0.4 is 10.6 Å². The molecule has 0 fully saturated rings. The number of halogens is 1. The van der Waals surface area contributed by atoms with Crippen LogP contribution in [0.15, 0.2) is 28.7 Å². The molecule has 5 heteroatoms. The molecule has 18 heavy (non-hydrogen) atoms. The van der Waals surface area contributed by atoms with Crippen molar-refractivity contribution in [3.63, 3.8) is 0 Å². The van der Waals surface area contributed by atoms with Crippen LogP contribution in [0.2, 0.25) is 0 Å². The third-order valence-electron chi connectivity index (χ3n) is 2.54. The van der Waals surface area contributed by atoms with Crippen LogP contribution in [0.5, 0.6) is 0 Å². The van der Waals surface area contributed by atoms with E-state index >= 15 is 0 Å². The highest BCUT2D eigenvalue weighted by Gasteiger charge is 2.16. The smallest absolute Gasteiger partial charge is 0.242 e. The number of carbonyl (C=O) groups excluding carboxylic acids is 2. The number of hydrogen-bond acceptors (Lipinski definition) is 2. The molecule has 0 heterocycles. The van der Waals surface area contributed by atoms with Gasteiger partial charge in [0.25, 0.3) is 0 Å². The number of nitrogens with one attached hydrogen (secondary N) is 2. The van der Waals surface area contributed by atoms with Gasteiger partial charge in [0.05, 0.1) is 6.04 Å². The molecular formula is C13H17BrN2O2. The van der Waals surface area contributed by atoms with Gasteiger partial charge in [-0.3, -0.25) is 9.59 Å². The van der Waals surface area contributed by atoms with Crippen molar-refractivity contribution in [2.45, 2.75) is 32.9 Å². The van der Waals surface area contributed by atoms with E-state index in [1.54, 1.807) is 6.92 Å². The highest BCUT2D eigenvalue weighted by Crippen LogP contribution is 2.16. The molecule has 0 aliphatic heterocycles. The van der Waals surface area contributed by atoms with Gasteiger partial charge in [-0.25, -0.2) is 0 Å². The minimum atomic E-state index is -0.527. The molecule has 0 aromatic heterocycles. The van der Waals surface area contributed by atoms with Gasteiger partial charge in [0, 0.05) is 11.4 Å². The lowest BCUT2D eigenvalue weighted by Crippen LogP contribution is -2.44. The molecule has 0 saturated carbocycles. The van der Waals surface area contributed by atoms with Crippen LogP contribution in [0.25, 0.3) is 0 Å². The Kier molecular flexibility index (Phi) is 5.34. The average molecular weight is 313 g/mol. The lowest BCUT2D eigenvalue weighted by Gasteiger charge is -2.18. The molecular weight excluding hydrogens is 296 g/mol. The van der Waals surface area contributed by atoms with E-state index in [-0.39, 0.29) is 17.9 Å². The van der Waals surface area contributed by atoms with Gasteiger partial charge in [-0.2, -0.15) is 0 Å². The molecule has 0 spiro atoms. The summed E-state index contributed by atoms with van der Waals surface area (Å²) in [4.78, 5) is 22.6. The fourth-order valence-corrected chi connectivity index (χ4v) is 1.81. The Morgan fingerprint density at radius 1 is 1.11 bits per heavy atom. The fourth-order valence-electron chi connectivity index (χ4n) is 1.54. The highest BCUT2D eigenvalue weighted by atomic mass is 79.9. The summed E-state index contributed by atoms with van der Waals surface area (Å²) < 4.78 is 0.997. The molecule has 4 nitrogen and oxygen atoms in total. The quantitative estimate of drug-likeness (QED) is 0.895. The standard InChI is InChI=1S/C13H17BrN2O2/c1-8(11-4-6-12(14)7-5-11)16-13(18)9(2)15-10(3)17/h4-9H,1-3H3,(H,15,17)(H,16,18). The first-order valence-electron chi connectivity index (χ1n) is 5.73. The van der Waals surface area contributed by atoms with Crippen LogP contribution >= 0.6 is 15.9 Å². The van der Waals surface area contributed by atoms with Gasteiger partial charge in [-0.1, -0.05) is 28.1 Å². The van der Waals surface area contributed by atoms with E-state index in [0.717, 1.165) is 10.0 Å². The SMILES string of the molecule is CC(=O)NC(C)C(=O)NC(C)c1ccc(Br)cc1. The molecule has 1 aromatic rings. The maximum absolute atomic E-state index is 11.8. The lowest BCUT2D eigenvalue weighted by molar-refractivity contribution is -0.128. The second-order valence-corrected chi connectivity index (χ2v) is 5.12. The summed E-state index contributed by atoms with van der Waals surface area (Å²) >= 11 is 3.36. The third kappa shape index (κ3) is 4.49. The molecule has 2 unspecified atom stereocenters. The summed E-state index contributed by atoms with van der Waals surface area (Å²) in [5, 5.41) is 5.40. The Morgan fingerprint density at radius 3 is 2.17 bits per heavy atom. The normalized spacial score (nSPS) is 13.6. The minimum absolute atomic E-state index is 0.0955. The third-order valence-corrected chi connectivity index (χ3v) is 3.07. The summed E-state index contributed by atoms with van der Waals surface area (Å²) in [5.41, 5.74) is 1.02. The summed E-state index contributed by atoms with van der Waals surface area (Å²) in [7, 11) is 0. The molecule has 2 atom stereocenters. The topological polar surface area (TPSA) is 58.2 Å². The molecule has 1 aromatic carbocycles. The van der Waals surface area contributed by atoms with Gasteiger partial charge >= 0.3 is 0 Å². The lowest BCUT2D eigenvalue weighted by atomic mass is 10.1. The predicted octanol–water partition coefficient (Wildman–Crippen LogP) is 2.15. The van der Waals surface area contributed by atoms with Crippen molar-refractivity contribution >= 4 is 27.7 Å². The maximum Gasteiger partial charge on any atom is 0.242 e. The first kappa shape index (κ1) is 14.7. The molecule has 2 amide bonds. The van der Waals surface area contributed by atoms with Crippen LogP contribution in [-0.4, -0.2) is 17.9 Å². The van der Waals surface area contributed by atoms with Crippen molar-refractivity contribution < 1.29 is 9.59 Å². The van der Waals surface area contributed by atoms with Crippen LogP contribution in [-0.2, 0) is 9.59 Å². The van der Waals surface area contributed by atoms with Crippen molar-refractivity contribution in [1.82, 2.24) is 10.6 Å². The van der Waals surface area contributed by atoms with Gasteiger partial charge in [0.15, 0.2) is 0 Å². The highest BCUT2D eigenvalue weighted by molar-refractivity contribution is 9.10. The zero-order valence-corrected chi connectivity index (χ0v) is 12.2. The average Bonchev–Trinajstić information content (AvgIpc) is 2.28. The van der Waals surface area contributed by atoms with Crippen molar-refractivity contribution in [2.24, 2.45) is 0 Å². The van der Waals surface area contributed by atoms with Crippen LogP contribution in [0.1, 0.15) is 32.4 Å². The molecule has 0 aliphatic carbocycles. The number of amides is 2. The molecule has 0 saturated heterocycles. The van der Waals surface area contributed by atoms with Gasteiger partial charge < -0.3 is 10.6 Å². The molecule has 98 valence electrons. The molecule has 1 rings (SSSR count). The van der Waals surface area contributed by atoms with Gasteiger partial charge in [0.2, 0.25) is 11.8 Å². The summed E-state index contributed by atoms with van der Waals surface area (Å²) in [6.45, 7) is 4.95. The largest absolute Gasteiger partial charge is 0.348 e. The Labute approximate surface area is 115 Å². The number of carbonyl (C=O) groups is 2. The number of benzene rings is 1. The van der Waals surface area contributed by atoms with Crippen molar-refractivity contribution in [3.8, 4) is 0 Å². The van der Waals surface area contributed by atoms with E-state index in [1.165, 1.54) is 6.92 Å². The molecule has 0 radical (unpaired) electrons. The number of rotatable bonds is 4. The minimum Gasteiger partial charge on any atom is -0.348 e. The maximum atomic E-state index is 11.8. The van der Waals surface area contributed by atoms with Crippen molar-refractivity contribution in [3.05, 3.63) is 34.3 Å². The summed E-state index contributed by atoms with van der Waals surface area (Å²) in [6.07, 6.45) is 0. The van der Waals surface area contributed by atoms with Gasteiger partial charge in [-0.05, 0) is 31.5 Å². The van der Waals surface area contributed by atoms with Gasteiger partial charge in [-0.15, -0.1) is 0 Å². The van der Waals surface area contributed by atoms with E-state index in [4.69, 9.17) is 0 Å². The van der Waals surface area contributed by atoms with Gasteiger partial charge in [0.1, 0.15) is 6.04 Å². The van der Waals surface area contributed by atoms with E-state index < -0.39 is 6.04 Å². The van der Waals surface area contributed by atoms with Crippen molar-refractivity contribution in [1.29, 1.82) is 0 Å². The van der Waals surface area contributed by atoms with Crippen molar-refractivity contribution in [2.75, 3.05) is 0 Å². The predicted molar refractivity (Wildman–Crippen MR) is 74.0 cm³/mol. The van der Waals surface area contributed by atoms with E-state index in [0.29, 0.717) is 0 Å². The van der Waals surface area contributed by atoms with Crippen LogP contribution in [0, 0.1) is 0 Å². The van der Waals surface area contributed by atoms with Crippen LogP contribution in [0.4, 0.5) is 0 Å². The number of hydrogen-bond donors (Lipinski definition) is 2. The van der Waals surface area contributed by atoms with E-state index in [1.807, 2.05) is 31.2 Å². The molecule has 0 bridgehead atoms. The first-order valence-corrected chi connectivity index (χ1v) is 6.52. The second-order valence-electron chi connectivity index (χ2n) is 4.20. The Hall–Kier alpha value is -1.36. The first-order chi connectivity index (χ1) is 8.40. The Bertz CT molecular complexity index is 431. The zero-order valence-electron chi connectivity index (χ0n) is 10.7. The zero-order chi connectivity index (χ0) is 13.7. The second kappa shape index (κ2) is 6.54. The molecule has 2 N–H and O–H groups in total. The summed E-state index contributed by atoms with van der Waals surface area (Å²) in [5.74, 6) is -0.408. The Morgan fingerprint density at radius 2 is 1.67 bits per heavy atom. The molecule has 0 aliphatic rings. The summed E-state index contributed by atoms with van der Waals surface area (Å²) in [6, 6.07) is 7.11. The fraction of sp³-hybridized carbons (Fsp3) is 0.385. The Balaban J connectivity index is 2.59. The monoisotopic (exact) mass is 312 g/mol. The van der Waals surface area contributed by atoms with E-state index in [2.05, 4.69) is 26.6 Å². The van der Waals surface area contributed by atoms with Crippen LogP contribution in [0.3, 0.4) is 0 Å². The van der Waals surface area contributed by atoms with E-state index in [9.17, 15) is 9.59 Å².